The van der Waals surface area contributed by atoms with Crippen molar-refractivity contribution < 1.29 is 0 Å². The maximum atomic E-state index is 5.15. The molecule has 0 heterocycles. The van der Waals surface area contributed by atoms with E-state index in [0.717, 1.165) is 0 Å². The topological polar surface area (TPSA) is 26.0 Å². The summed E-state index contributed by atoms with van der Waals surface area (Å²) in [5.41, 5.74) is 5.15. The first-order valence-corrected chi connectivity index (χ1v) is 1.79. The van der Waals surface area contributed by atoms with Gasteiger partial charge >= 0.3 is 0 Å². The zero-order valence-corrected chi connectivity index (χ0v) is 3.65. The first-order chi connectivity index (χ1) is 2.77. The first-order valence-electron chi connectivity index (χ1n) is 1.79. The first kappa shape index (κ1) is 5.52. The van der Waals surface area contributed by atoms with Gasteiger partial charge in [-0.2, -0.15) is 0 Å². The van der Waals surface area contributed by atoms with Crippen LogP contribution in [0.3, 0.4) is 0 Å². The maximum absolute atomic E-state index is 5.15. The molecule has 0 amide bonds. The Hall–Kier alpha value is -0.480. The van der Waals surface area contributed by atoms with Gasteiger partial charge in [0.05, 0.1) is 0 Å². The van der Waals surface area contributed by atoms with Crippen LogP contribution in [0.25, 0.3) is 0 Å². The Balaban J connectivity index is 2.88. The average molecular weight is 82.1 g/mol. The van der Waals surface area contributed by atoms with Crippen LogP contribution in [-0.4, -0.2) is 6.04 Å². The molecule has 1 nitrogen and oxygen atoms in total. The lowest BCUT2D eigenvalue weighted by Crippen LogP contribution is -2.13. The molecule has 0 bridgehead atoms. The minimum atomic E-state index is -0.0880. The summed E-state index contributed by atoms with van der Waals surface area (Å²) in [5, 5.41) is 0. The molecule has 0 spiro atoms. The lowest BCUT2D eigenvalue weighted by Gasteiger charge is -1.91. The Morgan fingerprint density at radius 2 is 2.50 bits per heavy atom. The number of hydrogen-bond acceptors (Lipinski definition) is 1. The molecule has 0 aliphatic rings. The molecule has 0 aromatic heterocycles. The number of terminal acetylenes is 1. The van der Waals surface area contributed by atoms with Crippen LogP contribution in [0.4, 0.5) is 0 Å². The summed E-state index contributed by atoms with van der Waals surface area (Å²) in [5.74, 6) is 2.38. The summed E-state index contributed by atoms with van der Waals surface area (Å²) in [6.45, 7) is 3.46. The van der Waals surface area contributed by atoms with Gasteiger partial charge in [-0.3, -0.25) is 0 Å². The molecular formula is C5H8N. The molecule has 0 aromatic rings. The predicted octanol–water partition coefficient (Wildman–Crippen LogP) is 0.171. The van der Waals surface area contributed by atoms with E-state index < -0.39 is 0 Å². The van der Waals surface area contributed by atoms with Gasteiger partial charge in [-0.1, -0.05) is 0 Å². The van der Waals surface area contributed by atoms with Crippen LogP contribution in [-0.2, 0) is 0 Å². The molecule has 0 aliphatic carbocycles. The van der Waals surface area contributed by atoms with Crippen LogP contribution >= 0.6 is 0 Å². The van der Waals surface area contributed by atoms with E-state index in [1.54, 1.807) is 0 Å². The third-order valence-corrected chi connectivity index (χ3v) is 0.380. The van der Waals surface area contributed by atoms with E-state index in [1.807, 2.05) is 0 Å². The Labute approximate surface area is 38.5 Å². The van der Waals surface area contributed by atoms with Crippen molar-refractivity contribution in [2.75, 3.05) is 0 Å². The number of nitrogens with two attached hydrogens (primary N) is 1. The SMILES string of the molecule is C#CCC([CH2])N. The van der Waals surface area contributed by atoms with Crippen molar-refractivity contribution >= 4 is 0 Å². The highest BCUT2D eigenvalue weighted by Gasteiger charge is 1.83. The third kappa shape index (κ3) is 3.52. The van der Waals surface area contributed by atoms with E-state index >= 15 is 0 Å². The fourth-order valence-corrected chi connectivity index (χ4v) is 0.151. The van der Waals surface area contributed by atoms with Gasteiger partial charge in [-0.25, -0.2) is 0 Å². The average Bonchev–Trinajstić information content (AvgIpc) is 1.35. The molecule has 0 rings (SSSR count). The summed E-state index contributed by atoms with van der Waals surface area (Å²) in [6, 6.07) is -0.0880. The highest BCUT2D eigenvalue weighted by atomic mass is 14.6. The van der Waals surface area contributed by atoms with Gasteiger partial charge in [-0.05, 0) is 6.92 Å². The van der Waals surface area contributed by atoms with Crippen LogP contribution in [0.2, 0.25) is 0 Å². The molecule has 1 atom stereocenters. The second-order valence-corrected chi connectivity index (χ2v) is 1.17. The van der Waals surface area contributed by atoms with E-state index in [2.05, 4.69) is 12.8 Å². The van der Waals surface area contributed by atoms with Crippen LogP contribution in [0.5, 0.6) is 0 Å². The highest BCUT2D eigenvalue weighted by Crippen LogP contribution is 1.77. The van der Waals surface area contributed by atoms with Crippen molar-refractivity contribution in [1.82, 2.24) is 0 Å². The van der Waals surface area contributed by atoms with Gasteiger partial charge < -0.3 is 5.73 Å². The van der Waals surface area contributed by atoms with Crippen LogP contribution < -0.4 is 5.73 Å². The lowest BCUT2D eigenvalue weighted by atomic mass is 10.3. The number of rotatable bonds is 1. The van der Waals surface area contributed by atoms with Crippen LogP contribution in [0.15, 0.2) is 0 Å². The Morgan fingerprint density at radius 3 is 2.50 bits per heavy atom. The van der Waals surface area contributed by atoms with Gasteiger partial charge in [0.25, 0.3) is 0 Å². The molecular weight excluding hydrogens is 74.1 g/mol. The fourth-order valence-electron chi connectivity index (χ4n) is 0.151. The van der Waals surface area contributed by atoms with Crippen molar-refractivity contribution in [3.8, 4) is 12.3 Å². The molecule has 1 unspecified atom stereocenters. The van der Waals surface area contributed by atoms with Crippen LogP contribution in [0, 0.1) is 19.3 Å². The summed E-state index contributed by atoms with van der Waals surface area (Å²) in [7, 11) is 0. The van der Waals surface area contributed by atoms with E-state index in [1.165, 1.54) is 0 Å². The van der Waals surface area contributed by atoms with E-state index in [-0.39, 0.29) is 6.04 Å². The van der Waals surface area contributed by atoms with Crippen molar-refractivity contribution in [1.29, 1.82) is 0 Å². The van der Waals surface area contributed by atoms with E-state index in [4.69, 9.17) is 12.2 Å². The molecule has 0 saturated carbocycles. The Bertz CT molecular complexity index is 58.8. The van der Waals surface area contributed by atoms with Gasteiger partial charge in [-0.15, -0.1) is 12.3 Å². The quantitative estimate of drug-likeness (QED) is 0.448. The van der Waals surface area contributed by atoms with Crippen molar-refractivity contribution in [2.24, 2.45) is 5.73 Å². The normalized spacial score (nSPS) is 12.8. The molecule has 2 N–H and O–H groups in total. The molecule has 1 heteroatoms. The Morgan fingerprint density at radius 1 is 2.00 bits per heavy atom. The van der Waals surface area contributed by atoms with Gasteiger partial charge in [0.2, 0.25) is 0 Å². The fraction of sp³-hybridized carbons (Fsp3) is 0.400. The standard InChI is InChI=1S/C5H8N/c1-3-4-5(2)6/h1,5H,2,4,6H2. The molecule has 0 saturated heterocycles. The molecule has 6 heavy (non-hydrogen) atoms. The monoisotopic (exact) mass is 82.1 g/mol. The second kappa shape index (κ2) is 2.74. The number of hydrogen-bond donors (Lipinski definition) is 1. The van der Waals surface area contributed by atoms with Gasteiger partial charge in [0.15, 0.2) is 0 Å². The summed E-state index contributed by atoms with van der Waals surface area (Å²) >= 11 is 0. The molecule has 33 valence electrons. The molecule has 0 fully saturated rings. The minimum Gasteiger partial charge on any atom is -0.327 e. The van der Waals surface area contributed by atoms with Crippen molar-refractivity contribution in [3.05, 3.63) is 6.92 Å². The molecule has 1 radical (unpaired) electrons. The minimum absolute atomic E-state index is 0.0880. The van der Waals surface area contributed by atoms with Crippen molar-refractivity contribution in [2.45, 2.75) is 12.5 Å². The van der Waals surface area contributed by atoms with Crippen LogP contribution in [0.1, 0.15) is 6.42 Å². The maximum Gasteiger partial charge on any atom is 0.0238 e. The third-order valence-electron chi connectivity index (χ3n) is 0.380. The second-order valence-electron chi connectivity index (χ2n) is 1.17. The highest BCUT2D eigenvalue weighted by molar-refractivity contribution is 4.88. The zero-order valence-electron chi connectivity index (χ0n) is 3.65. The largest absolute Gasteiger partial charge is 0.327 e. The lowest BCUT2D eigenvalue weighted by molar-refractivity contribution is 0.848. The van der Waals surface area contributed by atoms with E-state index in [9.17, 15) is 0 Å². The smallest absolute Gasteiger partial charge is 0.0238 e. The Kier molecular flexibility index (Phi) is 2.52. The zero-order chi connectivity index (χ0) is 4.99. The van der Waals surface area contributed by atoms with E-state index in [0.29, 0.717) is 6.42 Å². The van der Waals surface area contributed by atoms with Gasteiger partial charge in [0, 0.05) is 12.5 Å². The van der Waals surface area contributed by atoms with Crippen molar-refractivity contribution in [3.63, 3.8) is 0 Å². The predicted molar refractivity (Wildman–Crippen MR) is 26.8 cm³/mol. The summed E-state index contributed by atoms with van der Waals surface area (Å²) in [4.78, 5) is 0. The summed E-state index contributed by atoms with van der Waals surface area (Å²) in [6.07, 6.45) is 5.43. The summed E-state index contributed by atoms with van der Waals surface area (Å²) < 4.78 is 0. The molecule has 0 aromatic carbocycles. The van der Waals surface area contributed by atoms with Gasteiger partial charge in [0.1, 0.15) is 0 Å². The molecule has 0 aliphatic heterocycles.